The average Bonchev–Trinajstić information content (AvgIpc) is 3.03. The minimum atomic E-state index is -0.465. The first kappa shape index (κ1) is 42.3. The molecule has 0 radical (unpaired) electrons. The minimum Gasteiger partial charge on any atom is -0.468 e. The summed E-state index contributed by atoms with van der Waals surface area (Å²) >= 11 is 2.41. The summed E-state index contributed by atoms with van der Waals surface area (Å²) in [6, 6.07) is 19.1. The molecule has 2 N–H and O–H groups in total. The Kier molecular flexibility index (Phi) is 30.1. The van der Waals surface area contributed by atoms with Crippen LogP contribution in [0.15, 0.2) is 65.7 Å². The molecule has 2 aromatic carbocycles. The number of unbranched alkanes of at least 4 members (excludes halogenated alkanes) is 8. The van der Waals surface area contributed by atoms with E-state index in [0.29, 0.717) is 6.42 Å². The number of nitrogens with zero attached hydrogens (tertiary/aromatic N) is 1. The molecule has 0 spiro atoms. The maximum Gasteiger partial charge on any atom is 0.327 e. The van der Waals surface area contributed by atoms with Crippen LogP contribution in [-0.4, -0.2) is 48.9 Å². The van der Waals surface area contributed by atoms with E-state index in [9.17, 15) is 9.59 Å². The molecule has 236 valence electrons. The van der Waals surface area contributed by atoms with E-state index in [1.165, 1.54) is 44.3 Å². The third-order valence-electron chi connectivity index (χ3n) is 5.98. The van der Waals surface area contributed by atoms with Gasteiger partial charge < -0.3 is 15.2 Å². The zero-order valence-corrected chi connectivity index (χ0v) is 28.6. The van der Waals surface area contributed by atoms with Gasteiger partial charge in [-0.05, 0) is 30.1 Å². The molecular formula is C35H48ClIN2O4. The molecular weight excluding hydrogens is 675 g/mol. The normalized spacial score (nSPS) is 10.0. The number of terminal acetylenes is 2. The number of esters is 2. The largest absolute Gasteiger partial charge is 0.468 e. The van der Waals surface area contributed by atoms with E-state index in [-0.39, 0.29) is 30.9 Å². The number of hydrogen-bond donors (Lipinski definition) is 1. The molecule has 0 aliphatic rings. The lowest BCUT2D eigenvalue weighted by Crippen LogP contribution is -2.31. The second-order valence-electron chi connectivity index (χ2n) is 9.32. The number of benzene rings is 2. The van der Waals surface area contributed by atoms with Crippen LogP contribution in [0.25, 0.3) is 0 Å². The Morgan fingerprint density at radius 2 is 1.26 bits per heavy atom. The number of alkyl halides is 1. The third-order valence-corrected chi connectivity index (χ3v) is 6.75. The number of hydrogen-bond acceptors (Lipinski definition) is 6. The van der Waals surface area contributed by atoms with Gasteiger partial charge in [-0.2, -0.15) is 0 Å². The Hall–Kier alpha value is -2.85. The van der Waals surface area contributed by atoms with E-state index in [0.717, 1.165) is 55.4 Å². The van der Waals surface area contributed by atoms with E-state index < -0.39 is 6.04 Å². The Bertz CT molecular complexity index is 1040. The molecule has 0 aliphatic heterocycles. The summed E-state index contributed by atoms with van der Waals surface area (Å²) in [6.07, 6.45) is 22.1. The van der Waals surface area contributed by atoms with Crippen LogP contribution in [0.4, 0.5) is 0 Å². The number of aliphatic imine (C=N–C) groups is 1. The summed E-state index contributed by atoms with van der Waals surface area (Å²) in [7, 11) is 2.72. The molecule has 0 saturated carbocycles. The Balaban J connectivity index is 0. The highest BCUT2D eigenvalue weighted by atomic mass is 127. The second-order valence-corrected chi connectivity index (χ2v) is 10.4. The number of halogens is 2. The maximum atomic E-state index is 11.2. The van der Waals surface area contributed by atoms with Crippen molar-refractivity contribution in [3.8, 4) is 24.7 Å². The molecule has 0 aromatic heterocycles. The lowest BCUT2D eigenvalue weighted by Gasteiger charge is -2.07. The van der Waals surface area contributed by atoms with Crippen molar-refractivity contribution in [2.75, 3.05) is 25.2 Å². The van der Waals surface area contributed by atoms with Crippen LogP contribution < -0.4 is 5.73 Å². The summed E-state index contributed by atoms with van der Waals surface area (Å²) in [5.74, 6) is 4.57. The van der Waals surface area contributed by atoms with Gasteiger partial charge in [-0.3, -0.25) is 14.6 Å². The van der Waals surface area contributed by atoms with Crippen molar-refractivity contribution in [1.29, 1.82) is 0 Å². The molecule has 1 unspecified atom stereocenters. The van der Waals surface area contributed by atoms with Crippen LogP contribution in [0.3, 0.4) is 0 Å². The molecule has 2 rings (SSSR count). The van der Waals surface area contributed by atoms with Crippen LogP contribution in [0.5, 0.6) is 0 Å². The molecule has 0 fully saturated rings. The number of rotatable bonds is 16. The van der Waals surface area contributed by atoms with Gasteiger partial charge in [0.15, 0.2) is 0 Å². The topological polar surface area (TPSA) is 91.0 Å². The van der Waals surface area contributed by atoms with E-state index in [4.69, 9.17) is 18.6 Å². The minimum absolute atomic E-state index is 0. The van der Waals surface area contributed by atoms with Gasteiger partial charge in [-0.15, -0.1) is 37.1 Å². The molecule has 8 heteroatoms. The van der Waals surface area contributed by atoms with Crippen LogP contribution in [-0.2, 0) is 19.1 Å². The maximum absolute atomic E-state index is 11.2. The van der Waals surface area contributed by atoms with Crippen LogP contribution in [0, 0.1) is 24.7 Å². The van der Waals surface area contributed by atoms with E-state index >= 15 is 0 Å². The Labute approximate surface area is 279 Å². The predicted molar refractivity (Wildman–Crippen MR) is 190 cm³/mol. The molecule has 0 bridgehead atoms. The van der Waals surface area contributed by atoms with Gasteiger partial charge in [-0.25, -0.2) is 0 Å². The van der Waals surface area contributed by atoms with Crippen molar-refractivity contribution < 1.29 is 19.1 Å². The third kappa shape index (κ3) is 23.3. The van der Waals surface area contributed by atoms with E-state index in [1.54, 1.807) is 0 Å². The Morgan fingerprint density at radius 3 is 1.67 bits per heavy atom. The molecule has 0 heterocycles. The van der Waals surface area contributed by atoms with Gasteiger partial charge in [0.1, 0.15) is 12.6 Å². The lowest BCUT2D eigenvalue weighted by molar-refractivity contribution is -0.142. The van der Waals surface area contributed by atoms with Crippen LogP contribution in [0.2, 0.25) is 0 Å². The van der Waals surface area contributed by atoms with Crippen LogP contribution in [0.1, 0.15) is 81.8 Å². The first-order valence-corrected chi connectivity index (χ1v) is 16.0. The first-order valence-electron chi connectivity index (χ1n) is 14.4. The number of carbonyl (C=O) groups excluding carboxylic acids is 2. The average molecular weight is 723 g/mol. The summed E-state index contributed by atoms with van der Waals surface area (Å²) in [6.45, 7) is 0.0234. The summed E-state index contributed by atoms with van der Waals surface area (Å²) in [5.41, 5.74) is 8.33. The zero-order valence-electron chi connectivity index (χ0n) is 25.6. The number of methoxy groups -OCH3 is 2. The van der Waals surface area contributed by atoms with Gasteiger partial charge in [0.2, 0.25) is 0 Å². The summed E-state index contributed by atoms with van der Waals surface area (Å²) in [4.78, 5) is 26.5. The predicted octanol–water partition coefficient (Wildman–Crippen LogP) is 7.58. The molecule has 1 atom stereocenters. The monoisotopic (exact) mass is 722 g/mol. The number of carbonyl (C=O) groups is 2. The fraction of sp³-hybridized carbons (Fsp3) is 0.457. The van der Waals surface area contributed by atoms with Gasteiger partial charge in [0, 0.05) is 24.0 Å². The molecule has 0 aliphatic carbocycles. The SMILES string of the molecule is C#CCCCCCCC(N)C(=O)OC.C#CCCCCCCI.COC(=O)CN=C(c1ccccc1)c1ccccc1.Cl. The number of nitrogens with two attached hydrogens (primary N) is 1. The van der Waals surface area contributed by atoms with Crippen molar-refractivity contribution in [3.05, 3.63) is 71.8 Å². The van der Waals surface area contributed by atoms with Gasteiger partial charge in [0.25, 0.3) is 0 Å². The summed E-state index contributed by atoms with van der Waals surface area (Å²) in [5, 5.41) is 0. The van der Waals surface area contributed by atoms with Gasteiger partial charge >= 0.3 is 11.9 Å². The highest BCUT2D eigenvalue weighted by molar-refractivity contribution is 14.1. The summed E-state index contributed by atoms with van der Waals surface area (Å²) < 4.78 is 10.4. The fourth-order valence-corrected chi connectivity index (χ4v) is 4.18. The number of ether oxygens (including phenoxy) is 2. The molecule has 0 amide bonds. The zero-order chi connectivity index (χ0) is 31.3. The van der Waals surface area contributed by atoms with Crippen molar-refractivity contribution >= 4 is 52.6 Å². The highest BCUT2D eigenvalue weighted by Crippen LogP contribution is 2.11. The van der Waals surface area contributed by atoms with E-state index in [2.05, 4.69) is 48.9 Å². The second kappa shape index (κ2) is 30.6. The van der Waals surface area contributed by atoms with Gasteiger partial charge in [-0.1, -0.05) is 115 Å². The Morgan fingerprint density at radius 1 is 0.791 bits per heavy atom. The highest BCUT2D eigenvalue weighted by Gasteiger charge is 2.12. The van der Waals surface area contributed by atoms with Crippen molar-refractivity contribution in [1.82, 2.24) is 0 Å². The molecule has 43 heavy (non-hydrogen) atoms. The lowest BCUT2D eigenvalue weighted by atomic mass is 10.0. The van der Waals surface area contributed by atoms with Crippen molar-refractivity contribution in [2.45, 2.75) is 76.7 Å². The van der Waals surface area contributed by atoms with Crippen molar-refractivity contribution in [2.24, 2.45) is 10.7 Å². The standard InChI is InChI=1S/C16H15NO2.C11H19NO2.C8H13I.ClH/c1-19-15(18)12-17-16(13-8-4-2-5-9-13)14-10-6-3-7-11-14;1-3-4-5-6-7-8-9-10(12)11(13)14-2;1-2-3-4-5-6-7-8-9;/h2-11H,12H2,1H3;1,10H,4-9,12H2,2H3;1H,3-8H2;1H. The molecule has 2 aromatic rings. The smallest absolute Gasteiger partial charge is 0.327 e. The molecule has 0 saturated heterocycles. The quantitative estimate of drug-likeness (QED) is 0.0482. The van der Waals surface area contributed by atoms with Crippen LogP contribution >= 0.6 is 35.0 Å². The first-order chi connectivity index (χ1) is 20.4. The van der Waals surface area contributed by atoms with Gasteiger partial charge in [0.05, 0.1) is 19.9 Å². The fourth-order valence-electron chi connectivity index (χ4n) is 3.64. The molecule has 6 nitrogen and oxygen atoms in total. The van der Waals surface area contributed by atoms with E-state index in [1.807, 2.05) is 60.7 Å². The van der Waals surface area contributed by atoms with Crippen molar-refractivity contribution in [3.63, 3.8) is 0 Å².